The second-order valence-electron chi connectivity index (χ2n) is 4.49. The highest BCUT2D eigenvalue weighted by molar-refractivity contribution is 5.81. The highest BCUT2D eigenvalue weighted by atomic mass is 16.5. The number of nitrogens with zero attached hydrogens (tertiary/aromatic N) is 1. The summed E-state index contributed by atoms with van der Waals surface area (Å²) in [6, 6.07) is 2.03. The van der Waals surface area contributed by atoms with Crippen LogP contribution in [0.4, 0.5) is 0 Å². The molecule has 0 bridgehead atoms. The van der Waals surface area contributed by atoms with Crippen LogP contribution < -0.4 is 5.32 Å². The SMILES string of the molecule is CCCC(C#N)C(=O)NC(COCC)C(C)C. The quantitative estimate of drug-likeness (QED) is 0.706. The van der Waals surface area contributed by atoms with Gasteiger partial charge >= 0.3 is 0 Å². The van der Waals surface area contributed by atoms with E-state index in [9.17, 15) is 4.79 Å². The maximum Gasteiger partial charge on any atom is 0.237 e. The normalized spacial score (nSPS) is 14.1. The third-order valence-corrected chi connectivity index (χ3v) is 2.68. The molecule has 0 aromatic carbocycles. The molecule has 4 heteroatoms. The van der Waals surface area contributed by atoms with E-state index in [0.717, 1.165) is 6.42 Å². The average Bonchev–Trinajstić information content (AvgIpc) is 2.30. The fraction of sp³-hybridized carbons (Fsp3) is 0.846. The number of ether oxygens (including phenoxy) is 1. The molecule has 0 fully saturated rings. The molecular weight excluding hydrogens is 216 g/mol. The minimum atomic E-state index is -0.539. The van der Waals surface area contributed by atoms with Crippen molar-refractivity contribution in [1.82, 2.24) is 5.32 Å². The lowest BCUT2D eigenvalue weighted by Gasteiger charge is -2.23. The smallest absolute Gasteiger partial charge is 0.237 e. The van der Waals surface area contributed by atoms with E-state index in [-0.39, 0.29) is 11.9 Å². The Kier molecular flexibility index (Phi) is 8.43. The molecular formula is C13H24N2O2. The Balaban J connectivity index is 4.33. The Morgan fingerprint density at radius 3 is 2.47 bits per heavy atom. The summed E-state index contributed by atoms with van der Waals surface area (Å²) in [6.45, 7) is 9.10. The summed E-state index contributed by atoms with van der Waals surface area (Å²) in [4.78, 5) is 11.9. The van der Waals surface area contributed by atoms with Crippen LogP contribution in [0.5, 0.6) is 0 Å². The molecule has 0 rings (SSSR count). The van der Waals surface area contributed by atoms with Gasteiger partial charge in [-0.15, -0.1) is 0 Å². The summed E-state index contributed by atoms with van der Waals surface area (Å²) in [5.41, 5.74) is 0. The van der Waals surface area contributed by atoms with Gasteiger partial charge in [0.05, 0.1) is 18.7 Å². The summed E-state index contributed by atoms with van der Waals surface area (Å²) in [5, 5.41) is 11.8. The van der Waals surface area contributed by atoms with E-state index in [2.05, 4.69) is 11.4 Å². The van der Waals surface area contributed by atoms with Crippen molar-refractivity contribution in [3.05, 3.63) is 0 Å². The first-order chi connectivity index (χ1) is 8.06. The maximum atomic E-state index is 11.9. The monoisotopic (exact) mass is 240 g/mol. The highest BCUT2D eigenvalue weighted by Crippen LogP contribution is 2.08. The first kappa shape index (κ1) is 15.9. The Morgan fingerprint density at radius 1 is 1.41 bits per heavy atom. The van der Waals surface area contributed by atoms with Crippen molar-refractivity contribution in [2.45, 2.75) is 46.6 Å². The van der Waals surface area contributed by atoms with Crippen LogP contribution in [0.15, 0.2) is 0 Å². The summed E-state index contributed by atoms with van der Waals surface area (Å²) in [6.07, 6.45) is 1.45. The zero-order chi connectivity index (χ0) is 13.3. The van der Waals surface area contributed by atoms with Crippen LogP contribution >= 0.6 is 0 Å². The van der Waals surface area contributed by atoms with Gasteiger partial charge in [0.2, 0.25) is 5.91 Å². The van der Waals surface area contributed by atoms with Gasteiger partial charge in [0.15, 0.2) is 0 Å². The molecule has 0 saturated heterocycles. The van der Waals surface area contributed by atoms with E-state index < -0.39 is 5.92 Å². The van der Waals surface area contributed by atoms with Crippen molar-refractivity contribution in [2.24, 2.45) is 11.8 Å². The third kappa shape index (κ3) is 6.28. The fourth-order valence-corrected chi connectivity index (χ4v) is 1.47. The van der Waals surface area contributed by atoms with Crippen molar-refractivity contribution in [2.75, 3.05) is 13.2 Å². The van der Waals surface area contributed by atoms with Crippen molar-refractivity contribution >= 4 is 5.91 Å². The lowest BCUT2D eigenvalue weighted by atomic mass is 10.0. The van der Waals surface area contributed by atoms with Gasteiger partial charge in [-0.3, -0.25) is 4.79 Å². The fourth-order valence-electron chi connectivity index (χ4n) is 1.47. The predicted octanol–water partition coefficient (Wildman–Crippen LogP) is 2.10. The molecule has 0 aromatic heterocycles. The topological polar surface area (TPSA) is 62.1 Å². The Bertz CT molecular complexity index is 259. The van der Waals surface area contributed by atoms with Gasteiger partial charge in [-0.05, 0) is 19.3 Å². The van der Waals surface area contributed by atoms with E-state index in [4.69, 9.17) is 10.00 Å². The Morgan fingerprint density at radius 2 is 2.06 bits per heavy atom. The van der Waals surface area contributed by atoms with E-state index >= 15 is 0 Å². The molecule has 0 saturated carbocycles. The minimum Gasteiger partial charge on any atom is -0.380 e. The van der Waals surface area contributed by atoms with Gasteiger partial charge in [-0.25, -0.2) is 0 Å². The lowest BCUT2D eigenvalue weighted by Crippen LogP contribution is -2.44. The summed E-state index contributed by atoms with van der Waals surface area (Å²) < 4.78 is 5.33. The number of hydrogen-bond donors (Lipinski definition) is 1. The molecule has 0 aromatic rings. The molecule has 17 heavy (non-hydrogen) atoms. The van der Waals surface area contributed by atoms with Gasteiger partial charge in [-0.1, -0.05) is 27.2 Å². The van der Waals surface area contributed by atoms with Crippen LogP contribution in [0, 0.1) is 23.2 Å². The van der Waals surface area contributed by atoms with Gasteiger partial charge in [0.25, 0.3) is 0 Å². The molecule has 2 atom stereocenters. The molecule has 0 aliphatic rings. The summed E-state index contributed by atoms with van der Waals surface area (Å²) in [5.74, 6) is -0.415. The predicted molar refractivity (Wildman–Crippen MR) is 67.3 cm³/mol. The van der Waals surface area contributed by atoms with Crippen molar-refractivity contribution in [3.8, 4) is 6.07 Å². The molecule has 1 N–H and O–H groups in total. The van der Waals surface area contributed by atoms with E-state index in [0.29, 0.717) is 25.6 Å². The molecule has 1 amide bonds. The molecule has 0 spiro atoms. The third-order valence-electron chi connectivity index (χ3n) is 2.68. The highest BCUT2D eigenvalue weighted by Gasteiger charge is 2.22. The van der Waals surface area contributed by atoms with E-state index in [1.165, 1.54) is 0 Å². The number of amides is 1. The van der Waals surface area contributed by atoms with Crippen molar-refractivity contribution in [3.63, 3.8) is 0 Å². The van der Waals surface area contributed by atoms with Gasteiger partial charge in [0, 0.05) is 6.61 Å². The number of carbonyl (C=O) groups is 1. The second-order valence-corrected chi connectivity index (χ2v) is 4.49. The first-order valence-corrected chi connectivity index (χ1v) is 6.34. The van der Waals surface area contributed by atoms with Gasteiger partial charge in [0.1, 0.15) is 5.92 Å². The molecule has 4 nitrogen and oxygen atoms in total. The Hall–Kier alpha value is -1.08. The van der Waals surface area contributed by atoms with Crippen LogP contribution in [0.2, 0.25) is 0 Å². The molecule has 0 radical (unpaired) electrons. The van der Waals surface area contributed by atoms with E-state index in [1.807, 2.05) is 27.7 Å². The largest absolute Gasteiger partial charge is 0.380 e. The van der Waals surface area contributed by atoms with Crippen LogP contribution in [0.25, 0.3) is 0 Å². The number of nitrogens with one attached hydrogen (secondary N) is 1. The molecule has 0 heterocycles. The maximum absolute atomic E-state index is 11.9. The van der Waals surface area contributed by atoms with Crippen molar-refractivity contribution < 1.29 is 9.53 Å². The lowest BCUT2D eigenvalue weighted by molar-refractivity contribution is -0.125. The molecule has 0 aliphatic carbocycles. The number of rotatable bonds is 8. The zero-order valence-corrected chi connectivity index (χ0v) is 11.3. The van der Waals surface area contributed by atoms with E-state index in [1.54, 1.807) is 0 Å². The van der Waals surface area contributed by atoms with Crippen LogP contribution in [-0.2, 0) is 9.53 Å². The Labute approximate surface area is 104 Å². The number of hydrogen-bond acceptors (Lipinski definition) is 3. The summed E-state index contributed by atoms with van der Waals surface area (Å²) >= 11 is 0. The van der Waals surface area contributed by atoms with Gasteiger partial charge in [-0.2, -0.15) is 5.26 Å². The number of nitriles is 1. The zero-order valence-electron chi connectivity index (χ0n) is 11.3. The average molecular weight is 240 g/mol. The molecule has 2 unspecified atom stereocenters. The summed E-state index contributed by atoms with van der Waals surface area (Å²) in [7, 11) is 0. The van der Waals surface area contributed by atoms with Crippen LogP contribution in [0.3, 0.4) is 0 Å². The van der Waals surface area contributed by atoms with Gasteiger partial charge < -0.3 is 10.1 Å². The van der Waals surface area contributed by atoms with Crippen LogP contribution in [0.1, 0.15) is 40.5 Å². The molecule has 98 valence electrons. The first-order valence-electron chi connectivity index (χ1n) is 6.34. The minimum absolute atomic E-state index is 0.0184. The second kappa shape index (κ2) is 9.00. The molecule has 0 aliphatic heterocycles. The standard InChI is InChI=1S/C13H24N2O2/c1-5-7-11(8-14)13(16)15-12(10(3)4)9-17-6-2/h10-12H,5-7,9H2,1-4H3,(H,15,16). The van der Waals surface area contributed by atoms with Crippen LogP contribution in [-0.4, -0.2) is 25.2 Å². The van der Waals surface area contributed by atoms with Crippen molar-refractivity contribution in [1.29, 1.82) is 5.26 Å². The number of carbonyl (C=O) groups excluding carboxylic acids is 1.